The van der Waals surface area contributed by atoms with Gasteiger partial charge in [-0.1, -0.05) is 6.07 Å². The van der Waals surface area contributed by atoms with Crippen LogP contribution in [0.4, 0.5) is 0 Å². The molecule has 3 fully saturated rings. The number of aromatic nitrogens is 1. The summed E-state index contributed by atoms with van der Waals surface area (Å²) in [4.78, 5) is 18.8. The van der Waals surface area contributed by atoms with E-state index in [0.717, 1.165) is 18.5 Å². The van der Waals surface area contributed by atoms with Gasteiger partial charge in [-0.25, -0.2) is 0 Å². The van der Waals surface area contributed by atoms with E-state index in [1.165, 1.54) is 22.7 Å². The number of carbonyl (C=O) groups excluding carboxylic acids is 1. The monoisotopic (exact) mass is 338 g/mol. The highest BCUT2D eigenvalue weighted by molar-refractivity contribution is 7.86. The summed E-state index contributed by atoms with van der Waals surface area (Å²) in [7, 11) is -0.450. The Hall–Kier alpha value is -1.51. The quantitative estimate of drug-likeness (QED) is 0.792. The molecule has 126 valence electrons. The second kappa shape index (κ2) is 6.18. The van der Waals surface area contributed by atoms with Crippen LogP contribution in [0.25, 0.3) is 0 Å². The Balaban J connectivity index is 1.84. The molecule has 7 nitrogen and oxygen atoms in total. The highest BCUT2D eigenvalue weighted by atomic mass is 32.2. The molecule has 1 aromatic heterocycles. The molecule has 0 aromatic carbocycles. The largest absolute Gasteiger partial charge is 0.332 e. The molecule has 1 amide bonds. The van der Waals surface area contributed by atoms with Crippen molar-refractivity contribution >= 4 is 16.1 Å². The van der Waals surface area contributed by atoms with Gasteiger partial charge in [-0.05, 0) is 25.0 Å². The van der Waals surface area contributed by atoms with Gasteiger partial charge < -0.3 is 4.90 Å². The summed E-state index contributed by atoms with van der Waals surface area (Å²) in [5.41, 5.74) is 0.829. The van der Waals surface area contributed by atoms with Crippen LogP contribution < -0.4 is 0 Å². The average Bonchev–Trinajstić information content (AvgIpc) is 2.82. The minimum atomic E-state index is -3.50. The third kappa shape index (κ3) is 3.11. The molecule has 4 heterocycles. The lowest BCUT2D eigenvalue weighted by atomic mass is 9.94. The van der Waals surface area contributed by atoms with Gasteiger partial charge in [0.05, 0.1) is 18.2 Å². The van der Waals surface area contributed by atoms with Crippen molar-refractivity contribution in [3.63, 3.8) is 0 Å². The molecular weight excluding hydrogens is 316 g/mol. The molecule has 2 atom stereocenters. The molecule has 8 heteroatoms. The van der Waals surface area contributed by atoms with Crippen LogP contribution >= 0.6 is 0 Å². The van der Waals surface area contributed by atoms with Gasteiger partial charge in [0.2, 0.25) is 5.91 Å². The molecule has 0 aliphatic carbocycles. The van der Waals surface area contributed by atoms with E-state index < -0.39 is 10.2 Å². The predicted octanol–water partition coefficient (Wildman–Crippen LogP) is 0.311. The average molecular weight is 338 g/mol. The second-order valence-corrected chi connectivity index (χ2v) is 8.46. The molecule has 3 aliphatic rings. The molecule has 0 radical (unpaired) electrons. The van der Waals surface area contributed by atoms with E-state index in [2.05, 4.69) is 4.98 Å². The van der Waals surface area contributed by atoms with E-state index in [4.69, 9.17) is 0 Å². The Bertz CT molecular complexity index is 677. The molecule has 23 heavy (non-hydrogen) atoms. The van der Waals surface area contributed by atoms with Crippen LogP contribution in [0.3, 0.4) is 0 Å². The van der Waals surface area contributed by atoms with Crippen molar-refractivity contribution < 1.29 is 13.2 Å². The number of piperidine rings is 1. The zero-order valence-corrected chi connectivity index (χ0v) is 14.2. The Morgan fingerprint density at radius 3 is 2.70 bits per heavy atom. The van der Waals surface area contributed by atoms with E-state index in [1.54, 1.807) is 6.20 Å². The number of hydrogen-bond donors (Lipinski definition) is 0. The van der Waals surface area contributed by atoms with E-state index in [1.807, 2.05) is 23.1 Å². The standard InChI is InChI=1S/C15H22N4O3S/c1-17(2)23(21,22)18-9-12-6-7-14(11-18)19(15(12)20)10-13-5-3-4-8-16-13/h3-5,8,12,14H,6-7,9-11H2,1-2H3/t12-,14+/m1/s1. The molecule has 0 spiro atoms. The molecule has 0 unspecified atom stereocenters. The van der Waals surface area contributed by atoms with Crippen molar-refractivity contribution in [1.29, 1.82) is 0 Å². The lowest BCUT2D eigenvalue weighted by Crippen LogP contribution is -2.48. The first-order valence-corrected chi connectivity index (χ1v) is 9.17. The SMILES string of the molecule is CN(C)S(=O)(=O)N1C[C@H]2CC[C@@H](C1)N(Cc1ccccn1)C2=O. The smallest absolute Gasteiger partial charge is 0.281 e. The summed E-state index contributed by atoms with van der Waals surface area (Å²) in [6.45, 7) is 1.07. The van der Waals surface area contributed by atoms with Gasteiger partial charge in [0.25, 0.3) is 10.2 Å². The minimum Gasteiger partial charge on any atom is -0.332 e. The third-order valence-corrected chi connectivity index (χ3v) is 6.48. The van der Waals surface area contributed by atoms with Gasteiger partial charge >= 0.3 is 0 Å². The summed E-state index contributed by atoms with van der Waals surface area (Å²) in [5.74, 6) is -0.212. The molecule has 3 aliphatic heterocycles. The fourth-order valence-corrected chi connectivity index (χ4v) is 4.49. The van der Waals surface area contributed by atoms with Gasteiger partial charge in [-0.2, -0.15) is 17.0 Å². The van der Waals surface area contributed by atoms with Crippen LogP contribution in [0.2, 0.25) is 0 Å². The summed E-state index contributed by atoms with van der Waals surface area (Å²) in [6, 6.07) is 5.54. The number of hydrogen-bond acceptors (Lipinski definition) is 4. The molecule has 3 saturated heterocycles. The van der Waals surface area contributed by atoms with Crippen molar-refractivity contribution in [2.45, 2.75) is 25.4 Å². The first-order valence-electron chi connectivity index (χ1n) is 7.77. The van der Waals surface area contributed by atoms with Crippen LogP contribution in [-0.2, 0) is 21.5 Å². The highest BCUT2D eigenvalue weighted by Gasteiger charge is 2.44. The van der Waals surface area contributed by atoms with Gasteiger partial charge in [0, 0.05) is 39.4 Å². The molecular formula is C15H22N4O3S. The fourth-order valence-electron chi connectivity index (χ4n) is 3.29. The van der Waals surface area contributed by atoms with Gasteiger partial charge in [-0.15, -0.1) is 0 Å². The van der Waals surface area contributed by atoms with Crippen molar-refractivity contribution in [3.05, 3.63) is 30.1 Å². The molecule has 1 aromatic rings. The Morgan fingerprint density at radius 1 is 1.26 bits per heavy atom. The number of pyridine rings is 1. The van der Waals surface area contributed by atoms with E-state index in [9.17, 15) is 13.2 Å². The van der Waals surface area contributed by atoms with E-state index in [0.29, 0.717) is 13.1 Å². The van der Waals surface area contributed by atoms with Gasteiger partial charge in [-0.3, -0.25) is 9.78 Å². The molecule has 4 rings (SSSR count). The van der Waals surface area contributed by atoms with Crippen LogP contribution in [0, 0.1) is 5.92 Å². The second-order valence-electron chi connectivity index (χ2n) is 6.32. The van der Waals surface area contributed by atoms with Crippen molar-refractivity contribution in [2.24, 2.45) is 5.92 Å². The van der Waals surface area contributed by atoms with E-state index >= 15 is 0 Å². The Kier molecular flexibility index (Phi) is 4.39. The summed E-state index contributed by atoms with van der Waals surface area (Å²) in [6.07, 6.45) is 3.29. The van der Waals surface area contributed by atoms with Crippen LogP contribution in [-0.4, -0.2) is 66.0 Å². The Morgan fingerprint density at radius 2 is 2.04 bits per heavy atom. The molecule has 0 N–H and O–H groups in total. The maximum absolute atomic E-state index is 12.7. The zero-order chi connectivity index (χ0) is 16.6. The molecule has 2 bridgehead atoms. The summed E-state index contributed by atoms with van der Waals surface area (Å²) < 4.78 is 27.5. The Labute approximate surface area is 137 Å². The summed E-state index contributed by atoms with van der Waals surface area (Å²) >= 11 is 0. The third-order valence-electron chi connectivity index (χ3n) is 4.61. The van der Waals surface area contributed by atoms with Crippen LogP contribution in [0.5, 0.6) is 0 Å². The lowest BCUT2D eigenvalue weighted by molar-refractivity contribution is -0.140. The number of fused-ring (bicyclic) bond motifs is 4. The number of rotatable bonds is 4. The van der Waals surface area contributed by atoms with Crippen molar-refractivity contribution in [3.8, 4) is 0 Å². The van der Waals surface area contributed by atoms with Gasteiger partial charge in [0.1, 0.15) is 0 Å². The predicted molar refractivity (Wildman–Crippen MR) is 85.5 cm³/mol. The lowest BCUT2D eigenvalue weighted by Gasteiger charge is -2.35. The fraction of sp³-hybridized carbons (Fsp3) is 0.600. The first-order chi connectivity index (χ1) is 10.9. The van der Waals surface area contributed by atoms with Crippen LogP contribution in [0.15, 0.2) is 24.4 Å². The maximum Gasteiger partial charge on any atom is 0.281 e. The highest BCUT2D eigenvalue weighted by Crippen LogP contribution is 2.31. The molecule has 0 saturated carbocycles. The topological polar surface area (TPSA) is 73.8 Å². The van der Waals surface area contributed by atoms with E-state index in [-0.39, 0.29) is 24.4 Å². The van der Waals surface area contributed by atoms with Crippen molar-refractivity contribution in [1.82, 2.24) is 18.5 Å². The van der Waals surface area contributed by atoms with Crippen molar-refractivity contribution in [2.75, 3.05) is 27.2 Å². The number of nitrogens with zero attached hydrogens (tertiary/aromatic N) is 4. The zero-order valence-electron chi connectivity index (χ0n) is 13.4. The van der Waals surface area contributed by atoms with Crippen LogP contribution in [0.1, 0.15) is 18.5 Å². The number of amides is 1. The minimum absolute atomic E-state index is 0.0448. The maximum atomic E-state index is 12.7. The first kappa shape index (κ1) is 16.4. The number of carbonyl (C=O) groups is 1. The van der Waals surface area contributed by atoms with Gasteiger partial charge in [0.15, 0.2) is 0 Å². The normalized spacial score (nSPS) is 25.9. The summed E-state index contributed by atoms with van der Waals surface area (Å²) in [5, 5.41) is 0.